The SMILES string of the molecule is Cn1nccc1C(=O)N1CCCC[C@H]1c1ncc(Cc2ccc(Cl)cc2)o1. The van der Waals surface area contributed by atoms with Crippen molar-refractivity contribution in [3.63, 3.8) is 0 Å². The van der Waals surface area contributed by atoms with E-state index in [2.05, 4.69) is 10.1 Å². The number of carbonyl (C=O) groups excluding carboxylic acids is 1. The molecule has 0 saturated carbocycles. The first-order valence-electron chi connectivity index (χ1n) is 9.10. The molecule has 4 rings (SSSR count). The van der Waals surface area contributed by atoms with E-state index in [4.69, 9.17) is 16.0 Å². The summed E-state index contributed by atoms with van der Waals surface area (Å²) in [7, 11) is 1.78. The molecule has 140 valence electrons. The van der Waals surface area contributed by atoms with Gasteiger partial charge in [-0.25, -0.2) is 4.98 Å². The van der Waals surface area contributed by atoms with E-state index >= 15 is 0 Å². The molecule has 2 aromatic heterocycles. The Balaban J connectivity index is 1.54. The van der Waals surface area contributed by atoms with Crippen molar-refractivity contribution in [2.24, 2.45) is 7.05 Å². The number of hydrogen-bond donors (Lipinski definition) is 0. The minimum absolute atomic E-state index is 0.0304. The smallest absolute Gasteiger partial charge is 0.272 e. The molecule has 1 aliphatic rings. The summed E-state index contributed by atoms with van der Waals surface area (Å²) in [6.07, 6.45) is 6.93. The van der Waals surface area contributed by atoms with E-state index in [1.807, 2.05) is 29.2 Å². The van der Waals surface area contributed by atoms with Crippen LogP contribution in [-0.4, -0.2) is 32.1 Å². The van der Waals surface area contributed by atoms with Crippen molar-refractivity contribution in [3.05, 3.63) is 70.7 Å². The van der Waals surface area contributed by atoms with E-state index in [1.165, 1.54) is 0 Å². The molecule has 1 aliphatic heterocycles. The van der Waals surface area contributed by atoms with Crippen LogP contribution < -0.4 is 0 Å². The highest BCUT2D eigenvalue weighted by atomic mass is 35.5. The average molecular weight is 385 g/mol. The number of aryl methyl sites for hydroxylation is 1. The van der Waals surface area contributed by atoms with E-state index in [0.717, 1.165) is 30.6 Å². The second-order valence-corrected chi connectivity index (χ2v) is 7.25. The van der Waals surface area contributed by atoms with Gasteiger partial charge in [-0.2, -0.15) is 5.10 Å². The lowest BCUT2D eigenvalue weighted by atomic mass is 10.0. The van der Waals surface area contributed by atoms with E-state index in [1.54, 1.807) is 30.2 Å². The number of amides is 1. The maximum atomic E-state index is 13.0. The summed E-state index contributed by atoms with van der Waals surface area (Å²) in [5.41, 5.74) is 1.68. The standard InChI is InChI=1S/C20H21ClN4O2/c1-24-18(9-10-23-24)20(26)25-11-3-2-4-17(25)19-22-13-16(27-19)12-14-5-7-15(21)8-6-14/h5-10,13,17H,2-4,11-12H2,1H3/t17-/m0/s1. The van der Waals surface area contributed by atoms with Gasteiger partial charge in [0.25, 0.3) is 5.91 Å². The Morgan fingerprint density at radius 2 is 2.07 bits per heavy atom. The number of benzene rings is 1. The molecule has 1 aromatic carbocycles. The molecule has 27 heavy (non-hydrogen) atoms. The van der Waals surface area contributed by atoms with Crippen molar-refractivity contribution in [3.8, 4) is 0 Å². The lowest BCUT2D eigenvalue weighted by Crippen LogP contribution is -2.39. The van der Waals surface area contributed by atoms with Gasteiger partial charge >= 0.3 is 0 Å². The van der Waals surface area contributed by atoms with Crippen molar-refractivity contribution >= 4 is 17.5 Å². The summed E-state index contributed by atoms with van der Waals surface area (Å²) in [6.45, 7) is 0.698. The van der Waals surface area contributed by atoms with Gasteiger partial charge in [0, 0.05) is 31.2 Å². The van der Waals surface area contributed by atoms with E-state index in [9.17, 15) is 4.79 Å². The molecule has 3 aromatic rings. The van der Waals surface area contributed by atoms with Crippen LogP contribution in [0.2, 0.25) is 5.02 Å². The van der Waals surface area contributed by atoms with Gasteiger partial charge in [-0.05, 0) is 43.0 Å². The molecular formula is C20H21ClN4O2. The second-order valence-electron chi connectivity index (χ2n) is 6.82. The maximum Gasteiger partial charge on any atom is 0.272 e. The molecule has 1 saturated heterocycles. The number of nitrogens with zero attached hydrogens (tertiary/aromatic N) is 4. The molecule has 0 bridgehead atoms. The quantitative estimate of drug-likeness (QED) is 0.681. The number of aromatic nitrogens is 3. The lowest BCUT2D eigenvalue weighted by Gasteiger charge is -2.33. The molecule has 3 heterocycles. The number of carbonyl (C=O) groups is 1. The number of rotatable bonds is 4. The van der Waals surface area contributed by atoms with E-state index in [-0.39, 0.29) is 11.9 Å². The highest BCUT2D eigenvalue weighted by Crippen LogP contribution is 2.32. The number of piperidine rings is 1. The first-order valence-corrected chi connectivity index (χ1v) is 9.47. The summed E-state index contributed by atoms with van der Waals surface area (Å²) < 4.78 is 7.63. The van der Waals surface area contributed by atoms with Crippen LogP contribution in [0.25, 0.3) is 0 Å². The van der Waals surface area contributed by atoms with Crippen LogP contribution in [0.1, 0.15) is 53.0 Å². The number of oxazole rings is 1. The van der Waals surface area contributed by atoms with Crippen LogP contribution >= 0.6 is 11.6 Å². The largest absolute Gasteiger partial charge is 0.443 e. The topological polar surface area (TPSA) is 64.2 Å². The summed E-state index contributed by atoms with van der Waals surface area (Å²) >= 11 is 5.94. The lowest BCUT2D eigenvalue weighted by molar-refractivity contribution is 0.0558. The number of halogens is 1. The summed E-state index contributed by atoms with van der Waals surface area (Å²) in [5, 5.41) is 4.82. The Bertz CT molecular complexity index is 932. The molecular weight excluding hydrogens is 364 g/mol. The van der Waals surface area contributed by atoms with Crippen LogP contribution in [0.4, 0.5) is 0 Å². The third kappa shape index (κ3) is 3.76. The fraction of sp³-hybridized carbons (Fsp3) is 0.350. The van der Waals surface area contributed by atoms with Crippen LogP contribution in [0.5, 0.6) is 0 Å². The summed E-state index contributed by atoms with van der Waals surface area (Å²) in [6, 6.07) is 9.29. The second kappa shape index (κ2) is 7.56. The minimum Gasteiger partial charge on any atom is -0.443 e. The van der Waals surface area contributed by atoms with Crippen molar-refractivity contribution in [1.82, 2.24) is 19.7 Å². The predicted molar refractivity (Wildman–Crippen MR) is 102 cm³/mol. The number of likely N-dealkylation sites (tertiary alicyclic amines) is 1. The minimum atomic E-state index is -0.139. The third-order valence-electron chi connectivity index (χ3n) is 4.95. The Hall–Kier alpha value is -2.60. The first-order chi connectivity index (χ1) is 13.1. The predicted octanol–water partition coefficient (Wildman–Crippen LogP) is 4.02. The molecule has 1 amide bonds. The molecule has 1 atom stereocenters. The molecule has 0 aliphatic carbocycles. The number of hydrogen-bond acceptors (Lipinski definition) is 4. The highest BCUT2D eigenvalue weighted by molar-refractivity contribution is 6.30. The molecule has 0 spiro atoms. The van der Waals surface area contributed by atoms with Crippen LogP contribution in [-0.2, 0) is 13.5 Å². The van der Waals surface area contributed by atoms with Gasteiger partial charge in [-0.1, -0.05) is 23.7 Å². The monoisotopic (exact) mass is 384 g/mol. The zero-order chi connectivity index (χ0) is 18.8. The Labute approximate surface area is 162 Å². The van der Waals surface area contributed by atoms with Gasteiger partial charge in [0.2, 0.25) is 5.89 Å². The van der Waals surface area contributed by atoms with Crippen molar-refractivity contribution in [1.29, 1.82) is 0 Å². The Morgan fingerprint density at radius 1 is 1.26 bits per heavy atom. The van der Waals surface area contributed by atoms with Gasteiger partial charge < -0.3 is 9.32 Å². The van der Waals surface area contributed by atoms with Crippen molar-refractivity contribution in [2.45, 2.75) is 31.7 Å². The average Bonchev–Trinajstić information content (AvgIpc) is 3.32. The zero-order valence-electron chi connectivity index (χ0n) is 15.1. The fourth-order valence-corrected chi connectivity index (χ4v) is 3.65. The molecule has 0 unspecified atom stereocenters. The first kappa shape index (κ1) is 17.8. The maximum absolute atomic E-state index is 13.0. The van der Waals surface area contributed by atoms with Gasteiger partial charge in [0.15, 0.2) is 0 Å². The van der Waals surface area contributed by atoms with Gasteiger partial charge in [0.1, 0.15) is 17.5 Å². The molecule has 0 radical (unpaired) electrons. The van der Waals surface area contributed by atoms with Crippen LogP contribution in [0, 0.1) is 0 Å². The van der Waals surface area contributed by atoms with E-state index < -0.39 is 0 Å². The molecule has 0 N–H and O–H groups in total. The van der Waals surface area contributed by atoms with Crippen molar-refractivity contribution in [2.75, 3.05) is 6.54 Å². The fourth-order valence-electron chi connectivity index (χ4n) is 3.52. The summed E-state index contributed by atoms with van der Waals surface area (Å²) in [5.74, 6) is 1.36. The van der Waals surface area contributed by atoms with Gasteiger partial charge in [-0.15, -0.1) is 0 Å². The molecule has 7 heteroatoms. The summed E-state index contributed by atoms with van der Waals surface area (Å²) in [4.78, 5) is 19.3. The van der Waals surface area contributed by atoms with Gasteiger partial charge in [-0.3, -0.25) is 9.48 Å². The van der Waals surface area contributed by atoms with E-state index in [0.29, 0.717) is 29.6 Å². The Morgan fingerprint density at radius 3 is 2.81 bits per heavy atom. The highest BCUT2D eigenvalue weighted by Gasteiger charge is 2.33. The van der Waals surface area contributed by atoms with Crippen LogP contribution in [0.15, 0.2) is 47.1 Å². The zero-order valence-corrected chi connectivity index (χ0v) is 15.9. The molecule has 6 nitrogen and oxygen atoms in total. The van der Waals surface area contributed by atoms with Crippen molar-refractivity contribution < 1.29 is 9.21 Å². The third-order valence-corrected chi connectivity index (χ3v) is 5.20. The van der Waals surface area contributed by atoms with Gasteiger partial charge in [0.05, 0.1) is 6.20 Å². The normalized spacial score (nSPS) is 17.3. The van der Waals surface area contributed by atoms with Crippen LogP contribution in [0.3, 0.4) is 0 Å². The molecule has 1 fully saturated rings. The Kier molecular flexibility index (Phi) is 4.99.